The first-order valence-corrected chi connectivity index (χ1v) is 7.54. The molecule has 2 rings (SSSR count). The van der Waals surface area contributed by atoms with Gasteiger partial charge in [-0.05, 0) is 35.9 Å². The van der Waals surface area contributed by atoms with Gasteiger partial charge in [0.25, 0.3) is 0 Å². The van der Waals surface area contributed by atoms with E-state index in [-0.39, 0.29) is 16.9 Å². The molecule has 0 radical (unpaired) electrons. The minimum Gasteiger partial charge on any atom is -0.435 e. The van der Waals surface area contributed by atoms with E-state index in [1.54, 1.807) is 0 Å². The molecule has 0 N–H and O–H groups in total. The van der Waals surface area contributed by atoms with Gasteiger partial charge in [0.1, 0.15) is 11.5 Å². The fourth-order valence-corrected chi connectivity index (χ4v) is 2.92. The van der Waals surface area contributed by atoms with Crippen LogP contribution in [-0.4, -0.2) is 13.0 Å². The number of benzene rings is 2. The van der Waals surface area contributed by atoms with E-state index in [1.165, 1.54) is 30.3 Å². The monoisotopic (exact) mass is 460 g/mol. The van der Waals surface area contributed by atoms with E-state index in [0.29, 0.717) is 8.95 Å². The molecule has 124 valence electrons. The molecule has 0 atom stereocenters. The highest BCUT2D eigenvalue weighted by Crippen LogP contribution is 2.41. The second-order valence-corrected chi connectivity index (χ2v) is 5.98. The molecule has 2 aromatic rings. The van der Waals surface area contributed by atoms with Gasteiger partial charge in [-0.2, -0.15) is 8.78 Å². The van der Waals surface area contributed by atoms with Crippen LogP contribution in [0.4, 0.5) is 22.0 Å². The Morgan fingerprint density at radius 2 is 1.70 bits per heavy atom. The molecule has 0 aromatic heterocycles. The maximum Gasteiger partial charge on any atom is 0.573 e. The van der Waals surface area contributed by atoms with Crippen molar-refractivity contribution in [3.8, 4) is 22.6 Å². The summed E-state index contributed by atoms with van der Waals surface area (Å²) in [6, 6.07) is 7.93. The molecule has 0 saturated carbocycles. The molecular weight excluding hydrogens is 455 g/mol. The summed E-state index contributed by atoms with van der Waals surface area (Å²) in [5, 5.41) is 0. The van der Waals surface area contributed by atoms with Crippen molar-refractivity contribution in [3.05, 3.63) is 45.3 Å². The molecule has 0 amide bonds. The lowest BCUT2D eigenvalue weighted by Gasteiger charge is -2.16. The highest BCUT2D eigenvalue weighted by atomic mass is 79.9. The third-order valence-corrected chi connectivity index (χ3v) is 3.70. The fraction of sp³-hybridized carbons (Fsp3) is 0.143. The van der Waals surface area contributed by atoms with Crippen LogP contribution in [0.15, 0.2) is 45.3 Å². The maximum absolute atomic E-state index is 12.5. The zero-order chi connectivity index (χ0) is 17.2. The van der Waals surface area contributed by atoms with Gasteiger partial charge in [-0.1, -0.05) is 37.9 Å². The predicted octanol–water partition coefficient (Wildman–Crippen LogP) is 6.38. The van der Waals surface area contributed by atoms with Crippen molar-refractivity contribution in [2.24, 2.45) is 0 Å². The third-order valence-electron chi connectivity index (χ3n) is 2.59. The molecule has 0 heterocycles. The average molecular weight is 462 g/mol. The third kappa shape index (κ3) is 5.07. The van der Waals surface area contributed by atoms with Gasteiger partial charge in [-0.15, -0.1) is 13.2 Å². The molecule has 2 nitrogen and oxygen atoms in total. The van der Waals surface area contributed by atoms with Crippen LogP contribution in [-0.2, 0) is 0 Å². The molecule has 0 saturated heterocycles. The number of hydrogen-bond acceptors (Lipinski definition) is 2. The maximum atomic E-state index is 12.5. The molecule has 9 heteroatoms. The smallest absolute Gasteiger partial charge is 0.435 e. The Morgan fingerprint density at radius 1 is 1.00 bits per heavy atom. The summed E-state index contributed by atoms with van der Waals surface area (Å²) < 4.78 is 71.2. The Balaban J connectivity index is 2.55. The van der Waals surface area contributed by atoms with Gasteiger partial charge in [-0.3, -0.25) is 0 Å². The van der Waals surface area contributed by atoms with Gasteiger partial charge >= 0.3 is 13.0 Å². The van der Waals surface area contributed by atoms with Gasteiger partial charge in [0.2, 0.25) is 0 Å². The van der Waals surface area contributed by atoms with E-state index >= 15 is 0 Å². The summed E-state index contributed by atoms with van der Waals surface area (Å²) in [5.74, 6) is -0.661. The highest BCUT2D eigenvalue weighted by molar-refractivity contribution is 9.10. The number of alkyl halides is 5. The van der Waals surface area contributed by atoms with Crippen LogP contribution in [0.25, 0.3) is 11.1 Å². The first kappa shape index (κ1) is 18.0. The lowest BCUT2D eigenvalue weighted by Crippen LogP contribution is -2.17. The van der Waals surface area contributed by atoms with Crippen LogP contribution < -0.4 is 9.47 Å². The quantitative estimate of drug-likeness (QED) is 0.492. The predicted molar refractivity (Wildman–Crippen MR) is 80.6 cm³/mol. The van der Waals surface area contributed by atoms with E-state index in [0.717, 1.165) is 6.07 Å². The van der Waals surface area contributed by atoms with Crippen molar-refractivity contribution < 1.29 is 31.4 Å². The van der Waals surface area contributed by atoms with Crippen LogP contribution in [0.5, 0.6) is 11.5 Å². The SMILES string of the molecule is FC(F)Oc1cc(Br)cc(-c2c(Br)cccc2OC(F)(F)F)c1. The van der Waals surface area contributed by atoms with Crippen LogP contribution in [0.3, 0.4) is 0 Å². The molecule has 0 aliphatic heterocycles. The van der Waals surface area contributed by atoms with E-state index in [1.807, 2.05) is 0 Å². The zero-order valence-corrected chi connectivity index (χ0v) is 14.2. The Bertz CT molecular complexity index is 704. The van der Waals surface area contributed by atoms with Gasteiger partial charge in [0, 0.05) is 14.5 Å². The molecule has 23 heavy (non-hydrogen) atoms. The fourth-order valence-electron chi connectivity index (χ4n) is 1.87. The summed E-state index contributed by atoms with van der Waals surface area (Å²) in [6.07, 6.45) is -4.89. The van der Waals surface area contributed by atoms with Crippen molar-refractivity contribution >= 4 is 31.9 Å². The van der Waals surface area contributed by atoms with Crippen molar-refractivity contribution in [1.29, 1.82) is 0 Å². The molecule has 0 bridgehead atoms. The summed E-state index contributed by atoms with van der Waals surface area (Å²) in [6.45, 7) is -3.05. The minimum absolute atomic E-state index is 0.0604. The van der Waals surface area contributed by atoms with Crippen LogP contribution in [0, 0.1) is 0 Å². The molecule has 0 aliphatic rings. The Labute approximate surface area is 144 Å². The van der Waals surface area contributed by atoms with Crippen molar-refractivity contribution in [2.75, 3.05) is 0 Å². The van der Waals surface area contributed by atoms with Crippen LogP contribution in [0.2, 0.25) is 0 Å². The first-order chi connectivity index (χ1) is 10.7. The Kier molecular flexibility index (Phi) is 5.51. The van der Waals surface area contributed by atoms with E-state index in [4.69, 9.17) is 0 Å². The summed E-state index contributed by atoms with van der Waals surface area (Å²) in [4.78, 5) is 0. The molecular formula is C14H7Br2F5O2. The number of halogens is 7. The molecule has 2 aromatic carbocycles. The van der Waals surface area contributed by atoms with Crippen LogP contribution in [0.1, 0.15) is 0 Å². The standard InChI is InChI=1S/C14H7Br2F5O2/c15-8-4-7(5-9(6-8)22-13(17)18)12-10(16)2-1-3-11(12)23-14(19,20)21/h1-6,13H. The highest BCUT2D eigenvalue weighted by Gasteiger charge is 2.32. The Hall–Kier alpha value is -1.35. The van der Waals surface area contributed by atoms with Crippen molar-refractivity contribution in [3.63, 3.8) is 0 Å². The van der Waals surface area contributed by atoms with Crippen molar-refractivity contribution in [1.82, 2.24) is 0 Å². The number of rotatable bonds is 4. The van der Waals surface area contributed by atoms with Gasteiger partial charge in [0.15, 0.2) is 0 Å². The molecule has 0 aliphatic carbocycles. The first-order valence-electron chi connectivity index (χ1n) is 5.96. The summed E-state index contributed by atoms with van der Waals surface area (Å²) in [7, 11) is 0. The molecule has 0 spiro atoms. The van der Waals surface area contributed by atoms with Crippen LogP contribution >= 0.6 is 31.9 Å². The van der Waals surface area contributed by atoms with Crippen molar-refractivity contribution in [2.45, 2.75) is 13.0 Å². The zero-order valence-electron chi connectivity index (χ0n) is 11.0. The van der Waals surface area contributed by atoms with E-state index < -0.39 is 18.7 Å². The lowest BCUT2D eigenvalue weighted by molar-refractivity contribution is -0.274. The normalized spacial score (nSPS) is 11.7. The van der Waals surface area contributed by atoms with Gasteiger partial charge < -0.3 is 9.47 Å². The summed E-state index contributed by atoms with van der Waals surface area (Å²) >= 11 is 6.25. The Morgan fingerprint density at radius 3 is 2.30 bits per heavy atom. The average Bonchev–Trinajstić information content (AvgIpc) is 2.34. The largest absolute Gasteiger partial charge is 0.573 e. The minimum atomic E-state index is -4.89. The van der Waals surface area contributed by atoms with Gasteiger partial charge in [-0.25, -0.2) is 0 Å². The van der Waals surface area contributed by atoms with Gasteiger partial charge in [0.05, 0.1) is 0 Å². The van der Waals surface area contributed by atoms with E-state index in [2.05, 4.69) is 41.3 Å². The lowest BCUT2D eigenvalue weighted by atomic mass is 10.0. The molecule has 0 unspecified atom stereocenters. The topological polar surface area (TPSA) is 18.5 Å². The second-order valence-electron chi connectivity index (χ2n) is 4.21. The molecule has 0 fully saturated rings. The number of ether oxygens (including phenoxy) is 2. The second kappa shape index (κ2) is 7.04. The number of hydrogen-bond donors (Lipinski definition) is 0. The summed E-state index contributed by atoms with van der Waals surface area (Å²) in [5.41, 5.74) is 0.270. The van der Waals surface area contributed by atoms with E-state index in [9.17, 15) is 22.0 Å².